The Morgan fingerprint density at radius 1 is 1.44 bits per heavy atom. The van der Waals surface area contributed by atoms with E-state index in [1.807, 2.05) is 13.8 Å². The van der Waals surface area contributed by atoms with Crippen LogP contribution in [0.3, 0.4) is 0 Å². The Hall–Kier alpha value is -0.570. The van der Waals surface area contributed by atoms with Crippen LogP contribution in [0.5, 0.6) is 0 Å². The maximum atomic E-state index is 11.8. The zero-order chi connectivity index (χ0) is 12.3. The van der Waals surface area contributed by atoms with Gasteiger partial charge in [0.05, 0.1) is 6.04 Å². The third kappa shape index (κ3) is 2.97. The van der Waals surface area contributed by atoms with Crippen LogP contribution in [0.1, 0.15) is 47.0 Å². The van der Waals surface area contributed by atoms with Gasteiger partial charge in [0.15, 0.2) is 0 Å². The predicted octanol–water partition coefficient (Wildman–Crippen LogP) is 1.91. The summed E-state index contributed by atoms with van der Waals surface area (Å²) in [5.41, 5.74) is 5.84. The van der Waals surface area contributed by atoms with Gasteiger partial charge in [-0.3, -0.25) is 4.79 Å². The highest BCUT2D eigenvalue weighted by molar-refractivity contribution is 5.82. The first kappa shape index (κ1) is 13.5. The van der Waals surface area contributed by atoms with Crippen molar-refractivity contribution in [1.29, 1.82) is 0 Å². The topological polar surface area (TPSA) is 55.1 Å². The number of rotatable bonds is 4. The fourth-order valence-corrected chi connectivity index (χ4v) is 2.61. The largest absolute Gasteiger partial charge is 0.352 e. The maximum absolute atomic E-state index is 11.8. The van der Waals surface area contributed by atoms with E-state index in [1.54, 1.807) is 0 Å². The number of amides is 1. The van der Waals surface area contributed by atoms with Crippen molar-refractivity contribution in [1.82, 2.24) is 5.32 Å². The van der Waals surface area contributed by atoms with E-state index < -0.39 is 0 Å². The zero-order valence-corrected chi connectivity index (χ0v) is 11.0. The minimum absolute atomic E-state index is 0.0172. The molecule has 0 radical (unpaired) electrons. The number of hydrogen-bond acceptors (Lipinski definition) is 2. The molecular formula is C13H26N2O. The van der Waals surface area contributed by atoms with Crippen molar-refractivity contribution in [2.24, 2.45) is 23.5 Å². The lowest BCUT2D eigenvalue weighted by molar-refractivity contribution is -0.124. The van der Waals surface area contributed by atoms with Gasteiger partial charge in [0, 0.05) is 6.04 Å². The van der Waals surface area contributed by atoms with Gasteiger partial charge in [-0.05, 0) is 30.6 Å². The minimum atomic E-state index is -0.368. The van der Waals surface area contributed by atoms with Gasteiger partial charge in [-0.1, -0.05) is 34.1 Å². The second kappa shape index (κ2) is 5.67. The average Bonchev–Trinajstić information content (AvgIpc) is 2.58. The van der Waals surface area contributed by atoms with Gasteiger partial charge in [0.25, 0.3) is 0 Å². The molecule has 0 bridgehead atoms. The molecule has 16 heavy (non-hydrogen) atoms. The minimum Gasteiger partial charge on any atom is -0.352 e. The Labute approximate surface area is 99.2 Å². The second-order valence-electron chi connectivity index (χ2n) is 5.49. The molecule has 0 spiro atoms. The van der Waals surface area contributed by atoms with Gasteiger partial charge in [-0.2, -0.15) is 0 Å². The van der Waals surface area contributed by atoms with E-state index in [4.69, 9.17) is 5.73 Å². The Bertz CT molecular complexity index is 240. The Balaban J connectivity index is 2.47. The first-order chi connectivity index (χ1) is 7.47. The van der Waals surface area contributed by atoms with Gasteiger partial charge >= 0.3 is 0 Å². The van der Waals surface area contributed by atoms with E-state index in [0.717, 1.165) is 12.3 Å². The molecule has 0 aromatic heterocycles. The van der Waals surface area contributed by atoms with Crippen LogP contribution in [-0.2, 0) is 4.79 Å². The Morgan fingerprint density at radius 2 is 2.06 bits per heavy atom. The lowest BCUT2D eigenvalue weighted by atomic mass is 9.93. The molecule has 0 heterocycles. The Kier molecular flexibility index (Phi) is 4.78. The van der Waals surface area contributed by atoms with Crippen LogP contribution in [0.4, 0.5) is 0 Å². The van der Waals surface area contributed by atoms with Crippen LogP contribution in [0, 0.1) is 17.8 Å². The molecule has 1 aliphatic carbocycles. The van der Waals surface area contributed by atoms with Gasteiger partial charge in [0.1, 0.15) is 0 Å². The molecular weight excluding hydrogens is 200 g/mol. The van der Waals surface area contributed by atoms with Gasteiger partial charge in [0.2, 0.25) is 5.91 Å². The normalized spacial score (nSPS) is 31.8. The molecule has 1 aliphatic rings. The van der Waals surface area contributed by atoms with Gasteiger partial charge in [-0.15, -0.1) is 0 Å². The molecule has 1 rings (SSSR count). The first-order valence-corrected chi connectivity index (χ1v) is 6.53. The number of nitrogens with two attached hydrogens (primary N) is 1. The van der Waals surface area contributed by atoms with E-state index in [9.17, 15) is 4.79 Å². The van der Waals surface area contributed by atoms with Crippen LogP contribution < -0.4 is 11.1 Å². The summed E-state index contributed by atoms with van der Waals surface area (Å²) in [5, 5.41) is 3.11. The summed E-state index contributed by atoms with van der Waals surface area (Å²) in [6.07, 6.45) is 3.56. The fourth-order valence-electron chi connectivity index (χ4n) is 2.61. The van der Waals surface area contributed by atoms with Crippen LogP contribution >= 0.6 is 0 Å². The van der Waals surface area contributed by atoms with Crippen molar-refractivity contribution in [2.45, 2.75) is 59.0 Å². The zero-order valence-electron chi connectivity index (χ0n) is 11.0. The van der Waals surface area contributed by atoms with Crippen molar-refractivity contribution in [3.8, 4) is 0 Å². The highest BCUT2D eigenvalue weighted by Gasteiger charge is 2.33. The van der Waals surface area contributed by atoms with Crippen molar-refractivity contribution < 1.29 is 4.79 Å². The SMILES string of the molecule is CCC1CCC(NC(=O)[C@@H](N)C(C)C)C1C. The third-order valence-electron chi connectivity index (χ3n) is 4.10. The summed E-state index contributed by atoms with van der Waals surface area (Å²) < 4.78 is 0. The molecule has 94 valence electrons. The summed E-state index contributed by atoms with van der Waals surface area (Å²) >= 11 is 0. The number of nitrogens with one attached hydrogen (secondary N) is 1. The van der Waals surface area contributed by atoms with Gasteiger partial charge in [-0.25, -0.2) is 0 Å². The molecule has 0 aliphatic heterocycles. The first-order valence-electron chi connectivity index (χ1n) is 6.53. The van der Waals surface area contributed by atoms with E-state index in [0.29, 0.717) is 12.0 Å². The average molecular weight is 226 g/mol. The fraction of sp³-hybridized carbons (Fsp3) is 0.923. The lowest BCUT2D eigenvalue weighted by Crippen LogP contribution is -2.48. The van der Waals surface area contributed by atoms with E-state index in [-0.39, 0.29) is 17.9 Å². The molecule has 0 aromatic carbocycles. The van der Waals surface area contributed by atoms with Crippen LogP contribution in [0.2, 0.25) is 0 Å². The van der Waals surface area contributed by atoms with E-state index in [1.165, 1.54) is 12.8 Å². The van der Waals surface area contributed by atoms with E-state index in [2.05, 4.69) is 19.2 Å². The molecule has 0 aromatic rings. The van der Waals surface area contributed by atoms with E-state index >= 15 is 0 Å². The Morgan fingerprint density at radius 3 is 2.50 bits per heavy atom. The van der Waals surface area contributed by atoms with Crippen molar-refractivity contribution in [3.05, 3.63) is 0 Å². The monoisotopic (exact) mass is 226 g/mol. The summed E-state index contributed by atoms with van der Waals surface area (Å²) in [6, 6.07) is -0.0323. The smallest absolute Gasteiger partial charge is 0.237 e. The van der Waals surface area contributed by atoms with Crippen molar-refractivity contribution in [2.75, 3.05) is 0 Å². The molecule has 3 N–H and O–H groups in total. The maximum Gasteiger partial charge on any atom is 0.237 e. The highest BCUT2D eigenvalue weighted by atomic mass is 16.2. The summed E-state index contributed by atoms with van der Waals surface area (Å²) in [6.45, 7) is 8.44. The lowest BCUT2D eigenvalue weighted by Gasteiger charge is -2.23. The molecule has 3 unspecified atom stereocenters. The van der Waals surface area contributed by atoms with Crippen LogP contribution in [0.25, 0.3) is 0 Å². The number of carbonyl (C=O) groups excluding carboxylic acids is 1. The molecule has 4 atom stereocenters. The molecule has 1 amide bonds. The standard InChI is InChI=1S/C13H26N2O/c1-5-10-6-7-11(9(10)4)15-13(16)12(14)8(2)3/h8-12H,5-7,14H2,1-4H3,(H,15,16)/t9?,10?,11?,12-/m0/s1. The van der Waals surface area contributed by atoms with Crippen molar-refractivity contribution in [3.63, 3.8) is 0 Å². The quantitative estimate of drug-likeness (QED) is 0.769. The molecule has 1 saturated carbocycles. The molecule has 0 saturated heterocycles. The van der Waals surface area contributed by atoms with Crippen molar-refractivity contribution >= 4 is 5.91 Å². The number of hydrogen-bond donors (Lipinski definition) is 2. The third-order valence-corrected chi connectivity index (χ3v) is 4.10. The van der Waals surface area contributed by atoms with Gasteiger partial charge < -0.3 is 11.1 Å². The molecule has 3 heteroatoms. The molecule has 3 nitrogen and oxygen atoms in total. The summed E-state index contributed by atoms with van der Waals surface area (Å²) in [7, 11) is 0. The summed E-state index contributed by atoms with van der Waals surface area (Å²) in [5.74, 6) is 1.58. The van der Waals surface area contributed by atoms with Crippen LogP contribution in [-0.4, -0.2) is 18.0 Å². The predicted molar refractivity (Wildman–Crippen MR) is 66.9 cm³/mol. The second-order valence-corrected chi connectivity index (χ2v) is 5.49. The molecule has 1 fully saturated rings. The number of carbonyl (C=O) groups is 1. The highest BCUT2D eigenvalue weighted by Crippen LogP contribution is 2.33. The van der Waals surface area contributed by atoms with Crippen LogP contribution in [0.15, 0.2) is 0 Å². The summed E-state index contributed by atoms with van der Waals surface area (Å²) in [4.78, 5) is 11.8.